The molecule has 0 saturated carbocycles. The van der Waals surface area contributed by atoms with Gasteiger partial charge in [-0.25, -0.2) is 0 Å². The van der Waals surface area contributed by atoms with Crippen LogP contribution in [0, 0.1) is 5.92 Å². The number of hydrogen-bond donors (Lipinski definition) is 1. The predicted molar refractivity (Wildman–Crippen MR) is 57.7 cm³/mol. The molecule has 0 bridgehead atoms. The van der Waals surface area contributed by atoms with Gasteiger partial charge in [0.1, 0.15) is 0 Å². The first kappa shape index (κ1) is 11.0. The fourth-order valence-electron chi connectivity index (χ4n) is 2.18. The van der Waals surface area contributed by atoms with E-state index < -0.39 is 0 Å². The van der Waals surface area contributed by atoms with Crippen LogP contribution in [0.15, 0.2) is 0 Å². The lowest BCUT2D eigenvalue weighted by Gasteiger charge is -2.36. The van der Waals surface area contributed by atoms with E-state index in [1.54, 1.807) is 0 Å². The van der Waals surface area contributed by atoms with Gasteiger partial charge in [-0.3, -0.25) is 4.90 Å². The molecule has 1 atom stereocenters. The fraction of sp³-hybridized carbons (Fsp3) is 1.00. The number of piperidine rings is 1. The molecule has 0 aromatic rings. The second-order valence-corrected chi connectivity index (χ2v) is 4.40. The normalized spacial score (nSPS) is 23.3. The van der Waals surface area contributed by atoms with Crippen LogP contribution < -0.4 is 5.73 Å². The second-order valence-electron chi connectivity index (χ2n) is 4.40. The lowest BCUT2D eigenvalue weighted by atomic mass is 9.97. The van der Waals surface area contributed by atoms with Gasteiger partial charge >= 0.3 is 0 Å². The van der Waals surface area contributed by atoms with Gasteiger partial charge < -0.3 is 5.73 Å². The van der Waals surface area contributed by atoms with Crippen molar-refractivity contribution in [3.8, 4) is 0 Å². The van der Waals surface area contributed by atoms with Crippen molar-refractivity contribution in [2.75, 3.05) is 19.6 Å². The molecule has 0 amide bonds. The Kier molecular flexibility index (Phi) is 4.74. The van der Waals surface area contributed by atoms with E-state index in [4.69, 9.17) is 5.73 Å². The van der Waals surface area contributed by atoms with Gasteiger partial charge in [0.2, 0.25) is 0 Å². The third-order valence-corrected chi connectivity index (χ3v) is 3.23. The molecule has 1 heterocycles. The molecule has 1 unspecified atom stereocenters. The Bertz CT molecular complexity index is 128. The van der Waals surface area contributed by atoms with Crippen LogP contribution in [0.25, 0.3) is 0 Å². The van der Waals surface area contributed by atoms with Gasteiger partial charge in [0.25, 0.3) is 0 Å². The molecule has 13 heavy (non-hydrogen) atoms. The van der Waals surface area contributed by atoms with E-state index in [1.165, 1.54) is 38.8 Å². The number of likely N-dealkylation sites (tertiary alicyclic amines) is 1. The molecule has 1 rings (SSSR count). The minimum Gasteiger partial charge on any atom is -0.329 e. The Morgan fingerprint density at radius 3 is 2.46 bits per heavy atom. The summed E-state index contributed by atoms with van der Waals surface area (Å²) in [6.07, 6.45) is 5.25. The quantitative estimate of drug-likeness (QED) is 0.722. The lowest BCUT2D eigenvalue weighted by Crippen LogP contribution is -2.44. The smallest absolute Gasteiger partial charge is 0.0218 e. The molecular formula is C11H24N2. The van der Waals surface area contributed by atoms with Gasteiger partial charge in [-0.1, -0.05) is 20.3 Å². The molecule has 0 aromatic heterocycles. The van der Waals surface area contributed by atoms with Crippen molar-refractivity contribution >= 4 is 0 Å². The van der Waals surface area contributed by atoms with Crippen molar-refractivity contribution in [1.82, 2.24) is 4.90 Å². The number of rotatable bonds is 4. The molecule has 78 valence electrons. The molecule has 1 fully saturated rings. The van der Waals surface area contributed by atoms with Gasteiger partial charge in [0, 0.05) is 12.6 Å². The van der Waals surface area contributed by atoms with Gasteiger partial charge in [-0.15, -0.1) is 0 Å². The average Bonchev–Trinajstić information content (AvgIpc) is 2.16. The highest BCUT2D eigenvalue weighted by atomic mass is 15.2. The zero-order valence-electron chi connectivity index (χ0n) is 9.13. The van der Waals surface area contributed by atoms with Crippen molar-refractivity contribution in [2.24, 2.45) is 11.7 Å². The van der Waals surface area contributed by atoms with Crippen LogP contribution in [0.2, 0.25) is 0 Å². The number of nitrogens with zero attached hydrogens (tertiary/aromatic N) is 1. The van der Waals surface area contributed by atoms with Crippen LogP contribution in [0.5, 0.6) is 0 Å². The first-order valence-corrected chi connectivity index (χ1v) is 5.72. The maximum absolute atomic E-state index is 5.78. The van der Waals surface area contributed by atoms with E-state index >= 15 is 0 Å². The van der Waals surface area contributed by atoms with Crippen LogP contribution in [-0.2, 0) is 0 Å². The van der Waals surface area contributed by atoms with Crippen LogP contribution in [-0.4, -0.2) is 30.6 Å². The highest BCUT2D eigenvalue weighted by molar-refractivity contribution is 4.77. The Morgan fingerprint density at radius 2 is 2.00 bits per heavy atom. The Labute approximate surface area is 82.5 Å². The van der Waals surface area contributed by atoms with Crippen molar-refractivity contribution < 1.29 is 0 Å². The topological polar surface area (TPSA) is 29.3 Å². The summed E-state index contributed by atoms with van der Waals surface area (Å²) in [6.45, 7) is 7.97. The van der Waals surface area contributed by atoms with Crippen LogP contribution in [0.3, 0.4) is 0 Å². The van der Waals surface area contributed by atoms with E-state index in [0.29, 0.717) is 6.04 Å². The fourth-order valence-corrected chi connectivity index (χ4v) is 2.18. The molecule has 2 heteroatoms. The van der Waals surface area contributed by atoms with Crippen LogP contribution in [0.4, 0.5) is 0 Å². The summed E-state index contributed by atoms with van der Waals surface area (Å²) in [5, 5.41) is 0. The van der Waals surface area contributed by atoms with Crippen molar-refractivity contribution in [3.63, 3.8) is 0 Å². The Hall–Kier alpha value is -0.0800. The Morgan fingerprint density at radius 1 is 1.38 bits per heavy atom. The molecule has 2 N–H and O–H groups in total. The van der Waals surface area contributed by atoms with Crippen LogP contribution in [0.1, 0.15) is 39.5 Å². The molecule has 1 aliphatic heterocycles. The summed E-state index contributed by atoms with van der Waals surface area (Å²) in [5.74, 6) is 0.927. The first-order chi connectivity index (χ1) is 6.27. The van der Waals surface area contributed by atoms with E-state index in [0.717, 1.165) is 12.5 Å². The van der Waals surface area contributed by atoms with Crippen molar-refractivity contribution in [2.45, 2.75) is 45.6 Å². The minimum atomic E-state index is 0.650. The molecule has 1 aliphatic rings. The summed E-state index contributed by atoms with van der Waals surface area (Å²) in [6, 6.07) is 0.650. The maximum atomic E-state index is 5.78. The van der Waals surface area contributed by atoms with Gasteiger partial charge in [-0.2, -0.15) is 0 Å². The van der Waals surface area contributed by atoms with Gasteiger partial charge in [0.05, 0.1) is 0 Å². The monoisotopic (exact) mass is 184 g/mol. The molecule has 0 aromatic carbocycles. The molecular weight excluding hydrogens is 160 g/mol. The van der Waals surface area contributed by atoms with E-state index in [1.807, 2.05) is 0 Å². The second kappa shape index (κ2) is 5.61. The van der Waals surface area contributed by atoms with E-state index in [-0.39, 0.29) is 0 Å². The molecule has 0 radical (unpaired) electrons. The average molecular weight is 184 g/mol. The molecule has 0 aliphatic carbocycles. The Balaban J connectivity index is 2.32. The highest BCUT2D eigenvalue weighted by Crippen LogP contribution is 2.19. The van der Waals surface area contributed by atoms with Gasteiger partial charge in [0.15, 0.2) is 0 Å². The molecule has 1 saturated heterocycles. The summed E-state index contributed by atoms with van der Waals surface area (Å²) < 4.78 is 0. The summed E-state index contributed by atoms with van der Waals surface area (Å²) >= 11 is 0. The lowest BCUT2D eigenvalue weighted by molar-refractivity contribution is 0.134. The van der Waals surface area contributed by atoms with E-state index in [9.17, 15) is 0 Å². The van der Waals surface area contributed by atoms with Crippen molar-refractivity contribution in [1.29, 1.82) is 0 Å². The number of hydrogen-bond acceptors (Lipinski definition) is 2. The zero-order valence-corrected chi connectivity index (χ0v) is 9.13. The van der Waals surface area contributed by atoms with Crippen molar-refractivity contribution in [3.05, 3.63) is 0 Å². The third kappa shape index (κ3) is 3.28. The first-order valence-electron chi connectivity index (χ1n) is 5.72. The van der Waals surface area contributed by atoms with Gasteiger partial charge in [-0.05, 0) is 38.3 Å². The van der Waals surface area contributed by atoms with E-state index in [2.05, 4.69) is 18.7 Å². The standard InChI is InChI=1S/C11H24N2/c1-3-4-11(9-12)13-7-5-10(2)6-8-13/h10-11H,3-9,12H2,1-2H3. The zero-order chi connectivity index (χ0) is 9.68. The largest absolute Gasteiger partial charge is 0.329 e. The predicted octanol–water partition coefficient (Wildman–Crippen LogP) is 1.85. The maximum Gasteiger partial charge on any atom is 0.0218 e. The molecule has 0 spiro atoms. The molecule has 2 nitrogen and oxygen atoms in total. The highest BCUT2D eigenvalue weighted by Gasteiger charge is 2.21. The summed E-state index contributed by atoms with van der Waals surface area (Å²) in [7, 11) is 0. The third-order valence-electron chi connectivity index (χ3n) is 3.23. The summed E-state index contributed by atoms with van der Waals surface area (Å²) in [5.41, 5.74) is 5.78. The SMILES string of the molecule is CCCC(CN)N1CCC(C)CC1. The summed E-state index contributed by atoms with van der Waals surface area (Å²) in [4.78, 5) is 2.59. The van der Waals surface area contributed by atoms with Crippen LogP contribution >= 0.6 is 0 Å². The number of nitrogens with two attached hydrogens (primary N) is 1. The minimum absolute atomic E-state index is 0.650.